The minimum Gasteiger partial charge on any atom is -0.458 e. The third-order valence-corrected chi connectivity index (χ3v) is 5.62. The van der Waals surface area contributed by atoms with Crippen LogP contribution in [0.15, 0.2) is 71.5 Å². The topological polar surface area (TPSA) is 120 Å². The largest absolute Gasteiger partial charge is 0.458 e. The quantitative estimate of drug-likeness (QED) is 0.354. The lowest BCUT2D eigenvalue weighted by Gasteiger charge is -2.24. The van der Waals surface area contributed by atoms with E-state index in [0.29, 0.717) is 5.82 Å². The van der Waals surface area contributed by atoms with Crippen LogP contribution in [0.5, 0.6) is 0 Å². The van der Waals surface area contributed by atoms with Gasteiger partial charge in [-0.3, -0.25) is 4.79 Å². The third-order valence-electron chi connectivity index (χ3n) is 5.21. The highest BCUT2D eigenvalue weighted by Gasteiger charge is 2.28. The van der Waals surface area contributed by atoms with Crippen LogP contribution in [0.25, 0.3) is 11.4 Å². The van der Waals surface area contributed by atoms with Gasteiger partial charge in [-0.05, 0) is 54.8 Å². The molecule has 0 radical (unpaired) electrons. The van der Waals surface area contributed by atoms with Crippen LogP contribution in [0.3, 0.4) is 0 Å². The number of carbonyl (C=O) groups is 3. The SMILES string of the molecule is C[C@@H](NC(=O)[C@H](Cc1ccc(-c2ncc(Br)cn2)cc1)NC(=O)OCc1ccccc1)C(=O)OC(C)(C)C. The average molecular weight is 583 g/mol. The molecule has 3 rings (SSSR count). The van der Waals surface area contributed by atoms with Gasteiger partial charge in [0.1, 0.15) is 24.3 Å². The van der Waals surface area contributed by atoms with Crippen molar-refractivity contribution in [1.82, 2.24) is 20.6 Å². The standard InChI is InChI=1S/C28H31BrN4O5/c1-18(26(35)38-28(2,3)4)32-25(34)23(33-27(36)37-17-20-8-6-5-7-9-20)14-19-10-12-21(13-11-19)24-30-15-22(29)16-31-24/h5-13,15-16,18,23H,14,17H2,1-4H3,(H,32,34)(H,33,36)/t18-,23+/m1/s1. The molecule has 200 valence electrons. The molecule has 0 unspecified atom stereocenters. The Kier molecular flexibility index (Phi) is 9.95. The number of esters is 1. The van der Waals surface area contributed by atoms with Crippen LogP contribution in [0, 0.1) is 0 Å². The number of nitrogens with one attached hydrogen (secondary N) is 2. The zero-order chi connectivity index (χ0) is 27.7. The first-order valence-corrected chi connectivity index (χ1v) is 12.9. The summed E-state index contributed by atoms with van der Waals surface area (Å²) in [6.45, 7) is 6.82. The first kappa shape index (κ1) is 28.8. The number of carbonyl (C=O) groups excluding carboxylic acids is 3. The first-order valence-electron chi connectivity index (χ1n) is 12.1. The number of hydrogen-bond acceptors (Lipinski definition) is 7. The molecule has 2 aromatic carbocycles. The van der Waals surface area contributed by atoms with Gasteiger partial charge >= 0.3 is 12.1 Å². The van der Waals surface area contributed by atoms with Gasteiger partial charge in [-0.15, -0.1) is 0 Å². The molecule has 9 nitrogen and oxygen atoms in total. The molecular weight excluding hydrogens is 552 g/mol. The van der Waals surface area contributed by atoms with Crippen molar-refractivity contribution in [3.8, 4) is 11.4 Å². The van der Waals surface area contributed by atoms with Gasteiger partial charge in [0.25, 0.3) is 0 Å². The number of halogens is 1. The number of ether oxygens (including phenoxy) is 2. The number of rotatable bonds is 9. The van der Waals surface area contributed by atoms with E-state index in [1.54, 1.807) is 33.2 Å². The predicted octanol–water partition coefficient (Wildman–Crippen LogP) is 4.59. The lowest BCUT2D eigenvalue weighted by molar-refractivity contribution is -0.158. The Hall–Kier alpha value is -3.79. The van der Waals surface area contributed by atoms with Crippen LogP contribution < -0.4 is 10.6 Å². The van der Waals surface area contributed by atoms with Gasteiger partial charge in [0, 0.05) is 24.4 Å². The van der Waals surface area contributed by atoms with Gasteiger partial charge in [-0.1, -0.05) is 54.6 Å². The van der Waals surface area contributed by atoms with Crippen LogP contribution in [0.4, 0.5) is 4.79 Å². The average Bonchev–Trinajstić information content (AvgIpc) is 2.87. The molecule has 0 aliphatic heterocycles. The fourth-order valence-corrected chi connectivity index (χ4v) is 3.57. The van der Waals surface area contributed by atoms with Gasteiger partial charge in [0.15, 0.2) is 5.82 Å². The Labute approximate surface area is 230 Å². The van der Waals surface area contributed by atoms with Crippen molar-refractivity contribution < 1.29 is 23.9 Å². The molecule has 2 atom stereocenters. The maximum atomic E-state index is 13.1. The molecule has 1 heterocycles. The summed E-state index contributed by atoms with van der Waals surface area (Å²) >= 11 is 3.32. The Balaban J connectivity index is 1.71. The number of nitrogens with zero attached hydrogens (tertiary/aromatic N) is 2. The highest BCUT2D eigenvalue weighted by molar-refractivity contribution is 9.10. The minimum absolute atomic E-state index is 0.0528. The Bertz CT molecular complexity index is 1230. The lowest BCUT2D eigenvalue weighted by atomic mass is 10.0. The van der Waals surface area contributed by atoms with Crippen LogP contribution in [0.1, 0.15) is 38.8 Å². The predicted molar refractivity (Wildman–Crippen MR) is 146 cm³/mol. The van der Waals surface area contributed by atoms with E-state index in [2.05, 4.69) is 36.5 Å². The first-order chi connectivity index (χ1) is 18.0. The fourth-order valence-electron chi connectivity index (χ4n) is 3.37. The molecule has 10 heteroatoms. The van der Waals surface area contributed by atoms with E-state index in [1.807, 2.05) is 54.6 Å². The molecule has 0 aliphatic carbocycles. The van der Waals surface area contributed by atoms with Crippen molar-refractivity contribution in [3.63, 3.8) is 0 Å². The number of aromatic nitrogens is 2. The molecule has 3 aromatic rings. The summed E-state index contributed by atoms with van der Waals surface area (Å²) in [6, 6.07) is 14.6. The van der Waals surface area contributed by atoms with Crippen LogP contribution in [-0.4, -0.2) is 45.6 Å². The summed E-state index contributed by atoms with van der Waals surface area (Å²) in [7, 11) is 0. The summed E-state index contributed by atoms with van der Waals surface area (Å²) in [6.07, 6.45) is 2.73. The molecule has 2 amide bonds. The van der Waals surface area contributed by atoms with Gasteiger partial charge < -0.3 is 20.1 Å². The highest BCUT2D eigenvalue weighted by Crippen LogP contribution is 2.18. The van der Waals surface area contributed by atoms with Crippen molar-refractivity contribution in [2.24, 2.45) is 0 Å². The van der Waals surface area contributed by atoms with Crippen molar-refractivity contribution in [1.29, 1.82) is 0 Å². The number of benzene rings is 2. The van der Waals surface area contributed by atoms with Crippen LogP contribution in [0.2, 0.25) is 0 Å². The highest BCUT2D eigenvalue weighted by atomic mass is 79.9. The Morgan fingerprint density at radius 2 is 1.55 bits per heavy atom. The Morgan fingerprint density at radius 3 is 2.16 bits per heavy atom. The van der Waals surface area contributed by atoms with E-state index in [1.165, 1.54) is 6.92 Å². The van der Waals surface area contributed by atoms with Crippen molar-refractivity contribution in [2.75, 3.05) is 0 Å². The molecule has 0 spiro atoms. The summed E-state index contributed by atoms with van der Waals surface area (Å²) in [5, 5.41) is 5.26. The van der Waals surface area contributed by atoms with E-state index >= 15 is 0 Å². The van der Waals surface area contributed by atoms with E-state index in [9.17, 15) is 14.4 Å². The van der Waals surface area contributed by atoms with Crippen molar-refractivity contribution in [2.45, 2.75) is 58.4 Å². The van der Waals surface area contributed by atoms with Crippen LogP contribution >= 0.6 is 15.9 Å². The Morgan fingerprint density at radius 1 is 0.921 bits per heavy atom. The fraction of sp³-hybridized carbons (Fsp3) is 0.321. The van der Waals surface area contributed by atoms with Gasteiger partial charge in [-0.2, -0.15) is 0 Å². The molecule has 2 N–H and O–H groups in total. The summed E-state index contributed by atoms with van der Waals surface area (Å²) < 4.78 is 11.4. The van der Waals surface area contributed by atoms with E-state index in [-0.39, 0.29) is 13.0 Å². The van der Waals surface area contributed by atoms with E-state index in [0.717, 1.165) is 21.2 Å². The normalized spacial score (nSPS) is 12.7. The smallest absolute Gasteiger partial charge is 0.408 e. The number of alkyl carbamates (subject to hydrolysis) is 1. The molecule has 0 bridgehead atoms. The minimum atomic E-state index is -1.00. The second-order valence-corrected chi connectivity index (χ2v) is 10.6. The molecule has 0 fully saturated rings. The molecule has 38 heavy (non-hydrogen) atoms. The second kappa shape index (κ2) is 13.1. The monoisotopic (exact) mass is 582 g/mol. The maximum Gasteiger partial charge on any atom is 0.408 e. The molecule has 0 saturated carbocycles. The van der Waals surface area contributed by atoms with E-state index in [4.69, 9.17) is 9.47 Å². The summed E-state index contributed by atoms with van der Waals surface area (Å²) in [5.74, 6) is -0.557. The zero-order valence-corrected chi connectivity index (χ0v) is 23.3. The number of amides is 2. The zero-order valence-electron chi connectivity index (χ0n) is 21.7. The van der Waals surface area contributed by atoms with Crippen LogP contribution in [-0.2, 0) is 32.1 Å². The third kappa shape index (κ3) is 9.26. The summed E-state index contributed by atoms with van der Waals surface area (Å²) in [4.78, 5) is 46.7. The van der Waals surface area contributed by atoms with Crippen molar-refractivity contribution in [3.05, 3.63) is 82.6 Å². The number of hydrogen-bond donors (Lipinski definition) is 2. The lowest BCUT2D eigenvalue weighted by Crippen LogP contribution is -2.52. The molecule has 0 saturated heterocycles. The summed E-state index contributed by atoms with van der Waals surface area (Å²) in [5.41, 5.74) is 1.69. The molecule has 1 aromatic heterocycles. The van der Waals surface area contributed by atoms with Crippen molar-refractivity contribution >= 4 is 33.9 Å². The molecular formula is C28H31BrN4O5. The molecule has 0 aliphatic rings. The van der Waals surface area contributed by atoms with Gasteiger partial charge in [0.05, 0.1) is 4.47 Å². The van der Waals surface area contributed by atoms with Gasteiger partial charge in [0.2, 0.25) is 5.91 Å². The second-order valence-electron chi connectivity index (χ2n) is 9.65. The van der Waals surface area contributed by atoms with Gasteiger partial charge in [-0.25, -0.2) is 19.6 Å². The maximum absolute atomic E-state index is 13.1. The van der Waals surface area contributed by atoms with E-state index < -0.39 is 35.7 Å².